The molecule has 2 rings (SSSR count). The molecule has 0 radical (unpaired) electrons. The van der Waals surface area contributed by atoms with Gasteiger partial charge in [-0.1, -0.05) is 19.1 Å². The van der Waals surface area contributed by atoms with Gasteiger partial charge in [0.1, 0.15) is 0 Å². The first-order valence-electron chi connectivity index (χ1n) is 6.44. The average molecular weight is 248 g/mol. The third-order valence-electron chi connectivity index (χ3n) is 3.77. The van der Waals surface area contributed by atoms with Gasteiger partial charge in [-0.2, -0.15) is 0 Å². The minimum absolute atomic E-state index is 0.174. The van der Waals surface area contributed by atoms with E-state index in [1.165, 1.54) is 0 Å². The fraction of sp³-hybridized carbons (Fsp3) is 0.500. The van der Waals surface area contributed by atoms with Crippen LogP contribution in [-0.2, 0) is 0 Å². The van der Waals surface area contributed by atoms with Crippen molar-refractivity contribution in [3.8, 4) is 0 Å². The fourth-order valence-electron chi connectivity index (χ4n) is 2.62. The summed E-state index contributed by atoms with van der Waals surface area (Å²) in [4.78, 5) is 10.8. The Labute approximate surface area is 107 Å². The molecule has 1 aromatic rings. The molecule has 98 valence electrons. The molecule has 4 nitrogen and oxygen atoms in total. The molecule has 18 heavy (non-hydrogen) atoms. The Kier molecular flexibility index (Phi) is 3.99. The van der Waals surface area contributed by atoms with Gasteiger partial charge in [-0.3, -0.25) is 0 Å². The molecule has 4 N–H and O–H groups in total. The molecule has 0 bridgehead atoms. The molecule has 1 heterocycles. The van der Waals surface area contributed by atoms with Crippen LogP contribution in [0.1, 0.15) is 41.6 Å². The summed E-state index contributed by atoms with van der Waals surface area (Å²) in [5.41, 5.74) is 7.63. The number of nitrogens with one attached hydrogen (secondary N) is 1. The van der Waals surface area contributed by atoms with Crippen LogP contribution in [0.2, 0.25) is 0 Å². The third kappa shape index (κ3) is 2.71. The summed E-state index contributed by atoms with van der Waals surface area (Å²) < 4.78 is 0. The van der Waals surface area contributed by atoms with Gasteiger partial charge in [0.05, 0.1) is 5.56 Å². The van der Waals surface area contributed by atoms with Crippen LogP contribution in [0.5, 0.6) is 0 Å². The SMILES string of the molecule is CCC1NCC(c2ccc(C(=O)O)cc2)CC1N. The van der Waals surface area contributed by atoms with Gasteiger partial charge in [0.2, 0.25) is 0 Å². The topological polar surface area (TPSA) is 75.3 Å². The molecule has 0 aliphatic carbocycles. The van der Waals surface area contributed by atoms with Crippen molar-refractivity contribution in [3.63, 3.8) is 0 Å². The van der Waals surface area contributed by atoms with Gasteiger partial charge in [0, 0.05) is 18.6 Å². The normalized spacial score (nSPS) is 28.0. The number of aromatic carboxylic acids is 1. The highest BCUT2D eigenvalue weighted by molar-refractivity contribution is 5.87. The van der Waals surface area contributed by atoms with Crippen LogP contribution >= 0.6 is 0 Å². The molecule has 0 saturated carbocycles. The molecule has 3 unspecified atom stereocenters. The summed E-state index contributed by atoms with van der Waals surface area (Å²) in [6.45, 7) is 3.05. The van der Waals surface area contributed by atoms with E-state index in [1.54, 1.807) is 12.1 Å². The van der Waals surface area contributed by atoms with Gasteiger partial charge < -0.3 is 16.2 Å². The summed E-state index contributed by atoms with van der Waals surface area (Å²) in [5.74, 6) is -0.503. The predicted molar refractivity (Wildman–Crippen MR) is 70.8 cm³/mol. The van der Waals surface area contributed by atoms with Crippen LogP contribution in [0, 0.1) is 0 Å². The summed E-state index contributed by atoms with van der Waals surface area (Å²) in [6, 6.07) is 7.70. The number of carboxylic acids is 1. The smallest absolute Gasteiger partial charge is 0.335 e. The van der Waals surface area contributed by atoms with Crippen LogP contribution in [0.15, 0.2) is 24.3 Å². The number of hydrogen-bond donors (Lipinski definition) is 3. The van der Waals surface area contributed by atoms with Gasteiger partial charge >= 0.3 is 5.97 Å². The Balaban J connectivity index is 2.06. The van der Waals surface area contributed by atoms with E-state index >= 15 is 0 Å². The van der Waals surface area contributed by atoms with Crippen LogP contribution in [-0.4, -0.2) is 29.7 Å². The van der Waals surface area contributed by atoms with Crippen LogP contribution in [0.3, 0.4) is 0 Å². The number of hydrogen-bond acceptors (Lipinski definition) is 3. The van der Waals surface area contributed by atoms with E-state index in [2.05, 4.69) is 12.2 Å². The first-order valence-corrected chi connectivity index (χ1v) is 6.44. The van der Waals surface area contributed by atoms with E-state index in [9.17, 15) is 4.79 Å². The van der Waals surface area contributed by atoms with Crippen molar-refractivity contribution in [1.82, 2.24) is 5.32 Å². The second-order valence-electron chi connectivity index (χ2n) is 4.95. The minimum atomic E-state index is -0.883. The Morgan fingerprint density at radius 1 is 1.44 bits per heavy atom. The predicted octanol–water partition coefficient (Wildman–Crippen LogP) is 1.57. The lowest BCUT2D eigenvalue weighted by molar-refractivity contribution is 0.0697. The van der Waals surface area contributed by atoms with E-state index in [0.29, 0.717) is 17.5 Å². The van der Waals surface area contributed by atoms with Gasteiger partial charge in [0.25, 0.3) is 0 Å². The van der Waals surface area contributed by atoms with E-state index in [1.807, 2.05) is 12.1 Å². The fourth-order valence-corrected chi connectivity index (χ4v) is 2.62. The van der Waals surface area contributed by atoms with Crippen molar-refractivity contribution in [2.45, 2.75) is 37.8 Å². The number of rotatable bonds is 3. The zero-order valence-electron chi connectivity index (χ0n) is 10.6. The number of nitrogens with two attached hydrogens (primary N) is 1. The maximum atomic E-state index is 10.8. The summed E-state index contributed by atoms with van der Waals surface area (Å²) >= 11 is 0. The highest BCUT2D eigenvalue weighted by Crippen LogP contribution is 2.25. The first kappa shape index (κ1) is 13.1. The van der Waals surface area contributed by atoms with Crippen molar-refractivity contribution >= 4 is 5.97 Å². The van der Waals surface area contributed by atoms with Crippen LogP contribution < -0.4 is 11.1 Å². The molecule has 1 aliphatic heterocycles. The Morgan fingerprint density at radius 3 is 2.61 bits per heavy atom. The maximum absolute atomic E-state index is 10.8. The molecule has 0 amide bonds. The van der Waals surface area contributed by atoms with E-state index in [4.69, 9.17) is 10.8 Å². The maximum Gasteiger partial charge on any atom is 0.335 e. The number of carboxylic acid groups (broad SMARTS) is 1. The summed E-state index contributed by atoms with van der Waals surface area (Å²) in [7, 11) is 0. The molecule has 3 atom stereocenters. The van der Waals surface area contributed by atoms with Gasteiger partial charge in [-0.25, -0.2) is 4.79 Å². The standard InChI is InChI=1S/C14H20N2O2/c1-2-13-12(15)7-11(8-16-13)9-3-5-10(6-4-9)14(17)18/h3-6,11-13,16H,2,7-8,15H2,1H3,(H,17,18). The molecule has 1 aromatic carbocycles. The summed E-state index contributed by atoms with van der Waals surface area (Å²) in [5, 5.41) is 12.3. The monoisotopic (exact) mass is 248 g/mol. The van der Waals surface area contributed by atoms with Gasteiger partial charge in [-0.15, -0.1) is 0 Å². The first-order chi connectivity index (χ1) is 8.61. The van der Waals surface area contributed by atoms with E-state index in [-0.39, 0.29) is 6.04 Å². The molecule has 1 fully saturated rings. The average Bonchev–Trinajstić information content (AvgIpc) is 2.38. The number of benzene rings is 1. The lowest BCUT2D eigenvalue weighted by atomic mass is 9.85. The number of carbonyl (C=O) groups is 1. The van der Waals surface area contributed by atoms with Crippen LogP contribution in [0.25, 0.3) is 0 Å². The van der Waals surface area contributed by atoms with Gasteiger partial charge in [-0.05, 0) is 36.5 Å². The zero-order valence-corrected chi connectivity index (χ0v) is 10.6. The second kappa shape index (κ2) is 5.50. The largest absolute Gasteiger partial charge is 0.478 e. The second-order valence-corrected chi connectivity index (χ2v) is 4.95. The van der Waals surface area contributed by atoms with Crippen molar-refractivity contribution < 1.29 is 9.90 Å². The Morgan fingerprint density at radius 2 is 2.11 bits per heavy atom. The molecule has 4 heteroatoms. The van der Waals surface area contributed by atoms with Crippen molar-refractivity contribution in [2.24, 2.45) is 5.73 Å². The molecule has 0 spiro atoms. The molecular formula is C14H20N2O2. The van der Waals surface area contributed by atoms with Crippen molar-refractivity contribution in [1.29, 1.82) is 0 Å². The Bertz CT molecular complexity index is 416. The third-order valence-corrected chi connectivity index (χ3v) is 3.77. The molecular weight excluding hydrogens is 228 g/mol. The lowest BCUT2D eigenvalue weighted by Crippen LogP contribution is -2.51. The van der Waals surface area contributed by atoms with Gasteiger partial charge in [0.15, 0.2) is 0 Å². The van der Waals surface area contributed by atoms with Crippen molar-refractivity contribution in [2.75, 3.05) is 6.54 Å². The van der Waals surface area contributed by atoms with Crippen molar-refractivity contribution in [3.05, 3.63) is 35.4 Å². The number of piperidine rings is 1. The Hall–Kier alpha value is -1.39. The molecule has 1 saturated heterocycles. The zero-order chi connectivity index (χ0) is 13.1. The summed E-state index contributed by atoms with van der Waals surface area (Å²) in [6.07, 6.45) is 2.00. The molecule has 1 aliphatic rings. The highest BCUT2D eigenvalue weighted by Gasteiger charge is 2.27. The highest BCUT2D eigenvalue weighted by atomic mass is 16.4. The minimum Gasteiger partial charge on any atom is -0.478 e. The lowest BCUT2D eigenvalue weighted by Gasteiger charge is -2.35. The molecule has 0 aromatic heterocycles. The van der Waals surface area contributed by atoms with Crippen LogP contribution in [0.4, 0.5) is 0 Å². The van der Waals surface area contributed by atoms with E-state index in [0.717, 1.165) is 24.9 Å². The quantitative estimate of drug-likeness (QED) is 0.759. The van der Waals surface area contributed by atoms with E-state index < -0.39 is 5.97 Å².